The Balaban J connectivity index is 1.44. The molecule has 3 aromatic carbocycles. The first-order valence-electron chi connectivity index (χ1n) is 14.0. The largest absolute Gasteiger partial charge is 0.489 e. The number of rotatable bonds is 10. The van der Waals surface area contributed by atoms with Gasteiger partial charge in [0.25, 0.3) is 0 Å². The number of esters is 1. The zero-order valence-electron chi connectivity index (χ0n) is 23.3. The lowest BCUT2D eigenvalue weighted by Crippen LogP contribution is -2.36. The summed E-state index contributed by atoms with van der Waals surface area (Å²) in [6.07, 6.45) is 1.00. The minimum Gasteiger partial charge on any atom is -0.489 e. The number of carbonyl (C=O) groups excluding carboxylic acids is 2. The highest BCUT2D eigenvalue weighted by molar-refractivity contribution is 6.30. The maximum absolute atomic E-state index is 13.8. The van der Waals surface area contributed by atoms with Crippen LogP contribution in [0.25, 0.3) is 0 Å². The number of benzene rings is 3. The summed E-state index contributed by atoms with van der Waals surface area (Å²) in [5, 5.41) is 4.06. The predicted octanol–water partition coefficient (Wildman–Crippen LogP) is 6.86. The van der Waals surface area contributed by atoms with Gasteiger partial charge in [-0.15, -0.1) is 0 Å². The lowest BCUT2D eigenvalue weighted by atomic mass is 9.72. The van der Waals surface area contributed by atoms with Crippen LogP contribution in [0.3, 0.4) is 0 Å². The Bertz CT molecular complexity index is 1440. The normalized spacial score (nSPS) is 18.6. The van der Waals surface area contributed by atoms with Crippen LogP contribution in [0.2, 0.25) is 5.02 Å². The van der Waals surface area contributed by atoms with Gasteiger partial charge in [-0.1, -0.05) is 66.2 Å². The van der Waals surface area contributed by atoms with E-state index >= 15 is 0 Å². The van der Waals surface area contributed by atoms with Crippen molar-refractivity contribution >= 4 is 23.4 Å². The van der Waals surface area contributed by atoms with Crippen molar-refractivity contribution in [1.82, 2.24) is 5.32 Å². The zero-order chi connectivity index (χ0) is 28.8. The number of allylic oxidation sites excluding steroid dienone is 3. The molecular formula is C34H34ClNO5. The first-order valence-corrected chi connectivity index (χ1v) is 14.3. The summed E-state index contributed by atoms with van der Waals surface area (Å²) < 4.78 is 16.9. The first-order chi connectivity index (χ1) is 19.9. The predicted molar refractivity (Wildman–Crippen MR) is 159 cm³/mol. The second kappa shape index (κ2) is 13.2. The zero-order valence-corrected chi connectivity index (χ0v) is 24.1. The Labute approximate surface area is 246 Å². The van der Waals surface area contributed by atoms with Crippen molar-refractivity contribution in [3.63, 3.8) is 0 Å². The van der Waals surface area contributed by atoms with E-state index in [0.29, 0.717) is 60.3 Å². The van der Waals surface area contributed by atoms with Crippen LogP contribution in [0.5, 0.6) is 5.75 Å². The molecule has 212 valence electrons. The van der Waals surface area contributed by atoms with E-state index in [4.69, 9.17) is 25.8 Å². The number of carbonyl (C=O) groups is 2. The van der Waals surface area contributed by atoms with Crippen molar-refractivity contribution in [1.29, 1.82) is 0 Å². The molecule has 1 heterocycles. The number of nitrogens with one attached hydrogen (secondary N) is 1. The van der Waals surface area contributed by atoms with Crippen molar-refractivity contribution in [3.8, 4) is 5.75 Å². The molecule has 0 aromatic heterocycles. The summed E-state index contributed by atoms with van der Waals surface area (Å²) in [5.74, 6) is -0.260. The Kier molecular flexibility index (Phi) is 9.22. The molecule has 2 atom stereocenters. The van der Waals surface area contributed by atoms with Gasteiger partial charge in [0.1, 0.15) is 19.0 Å². The monoisotopic (exact) mass is 571 g/mol. The molecule has 6 nitrogen and oxygen atoms in total. The van der Waals surface area contributed by atoms with Gasteiger partial charge in [-0.25, -0.2) is 4.79 Å². The molecule has 1 N–H and O–H groups in total. The molecular weight excluding hydrogens is 538 g/mol. The van der Waals surface area contributed by atoms with E-state index in [1.165, 1.54) is 0 Å². The highest BCUT2D eigenvalue weighted by Gasteiger charge is 2.41. The van der Waals surface area contributed by atoms with Gasteiger partial charge in [-0.05, 0) is 67.1 Å². The number of hydrogen-bond acceptors (Lipinski definition) is 6. The van der Waals surface area contributed by atoms with Crippen LogP contribution in [-0.2, 0) is 25.7 Å². The summed E-state index contributed by atoms with van der Waals surface area (Å²) in [7, 11) is 0. The van der Waals surface area contributed by atoms with Crippen molar-refractivity contribution in [2.75, 3.05) is 19.8 Å². The van der Waals surface area contributed by atoms with Crippen LogP contribution >= 0.6 is 11.6 Å². The SMILES string of the molecule is CCOCCOC(=O)C1=C(C)NC2=C(C(=O)C[C@@H](c3ccc(Cl)cc3)C2)[C@H]1c1ccc(OCc2ccccc2)cc1. The fourth-order valence-electron chi connectivity index (χ4n) is 5.53. The molecule has 1 aliphatic carbocycles. The maximum Gasteiger partial charge on any atom is 0.336 e. The quantitative estimate of drug-likeness (QED) is 0.212. The van der Waals surface area contributed by atoms with E-state index in [9.17, 15) is 9.59 Å². The van der Waals surface area contributed by atoms with Gasteiger partial charge in [0.15, 0.2) is 5.78 Å². The van der Waals surface area contributed by atoms with Crippen LogP contribution in [0.4, 0.5) is 0 Å². The molecule has 0 saturated heterocycles. The van der Waals surface area contributed by atoms with E-state index in [2.05, 4.69) is 5.32 Å². The summed E-state index contributed by atoms with van der Waals surface area (Å²) in [5.41, 5.74) is 5.56. The molecule has 41 heavy (non-hydrogen) atoms. The van der Waals surface area contributed by atoms with Gasteiger partial charge in [0.05, 0.1) is 12.2 Å². The molecule has 3 aromatic rings. The second-order valence-electron chi connectivity index (χ2n) is 10.2. The lowest BCUT2D eigenvalue weighted by Gasteiger charge is -2.36. The summed E-state index contributed by atoms with van der Waals surface area (Å²) in [4.78, 5) is 27.3. The van der Waals surface area contributed by atoms with Gasteiger partial charge < -0.3 is 19.5 Å². The molecule has 2 aliphatic rings. The van der Waals surface area contributed by atoms with E-state index in [1.807, 2.05) is 92.7 Å². The van der Waals surface area contributed by atoms with Crippen molar-refractivity contribution in [2.24, 2.45) is 0 Å². The molecule has 1 aliphatic heterocycles. The molecule has 0 spiro atoms. The Morgan fingerprint density at radius 3 is 2.34 bits per heavy atom. The van der Waals surface area contributed by atoms with E-state index in [0.717, 1.165) is 22.4 Å². The number of ether oxygens (including phenoxy) is 3. The third kappa shape index (κ3) is 6.72. The highest BCUT2D eigenvalue weighted by atomic mass is 35.5. The molecule has 0 radical (unpaired) electrons. The van der Waals surface area contributed by atoms with Gasteiger partial charge in [-0.3, -0.25) is 4.79 Å². The van der Waals surface area contributed by atoms with Crippen molar-refractivity contribution in [2.45, 2.75) is 45.1 Å². The molecule has 5 rings (SSSR count). The number of halogens is 1. The van der Waals surface area contributed by atoms with Gasteiger partial charge >= 0.3 is 5.97 Å². The topological polar surface area (TPSA) is 73.9 Å². The fraction of sp³-hybridized carbons (Fsp3) is 0.294. The van der Waals surface area contributed by atoms with Gasteiger partial charge in [0.2, 0.25) is 0 Å². The first kappa shape index (κ1) is 28.7. The molecule has 0 amide bonds. The van der Waals surface area contributed by atoms with Crippen LogP contribution in [0.1, 0.15) is 55.2 Å². The number of ketones is 1. The third-order valence-electron chi connectivity index (χ3n) is 7.52. The Morgan fingerprint density at radius 1 is 0.927 bits per heavy atom. The summed E-state index contributed by atoms with van der Waals surface area (Å²) >= 11 is 6.10. The van der Waals surface area contributed by atoms with Crippen molar-refractivity contribution in [3.05, 3.63) is 123 Å². The van der Waals surface area contributed by atoms with Crippen LogP contribution in [-0.4, -0.2) is 31.6 Å². The van der Waals surface area contributed by atoms with Crippen molar-refractivity contribution < 1.29 is 23.8 Å². The molecule has 0 bridgehead atoms. The number of dihydropyridines is 1. The third-order valence-corrected chi connectivity index (χ3v) is 7.77. The second-order valence-corrected chi connectivity index (χ2v) is 10.7. The van der Waals surface area contributed by atoms with E-state index in [-0.39, 0.29) is 18.3 Å². The molecule has 7 heteroatoms. The molecule has 0 unspecified atom stereocenters. The number of hydrogen-bond donors (Lipinski definition) is 1. The Hall–Kier alpha value is -3.87. The molecule has 0 fully saturated rings. The fourth-order valence-corrected chi connectivity index (χ4v) is 5.65. The lowest BCUT2D eigenvalue weighted by molar-refractivity contribution is -0.140. The standard InChI is InChI=1S/C34H34ClNO5/c1-3-39-17-18-40-34(38)31-22(2)36-29-19-26(24-9-13-27(35)14-10-24)20-30(37)33(29)32(31)25-11-15-28(16-12-25)41-21-23-7-5-4-6-8-23/h4-16,26,32,36H,3,17-21H2,1-2H3/t26-,32-/m0/s1. The average molecular weight is 572 g/mol. The summed E-state index contributed by atoms with van der Waals surface area (Å²) in [6, 6.07) is 25.3. The van der Waals surface area contributed by atoms with Crippen LogP contribution < -0.4 is 10.1 Å². The average Bonchev–Trinajstić information content (AvgIpc) is 2.98. The highest BCUT2D eigenvalue weighted by Crippen LogP contribution is 2.46. The van der Waals surface area contributed by atoms with Gasteiger partial charge in [0, 0.05) is 40.9 Å². The van der Waals surface area contributed by atoms with E-state index < -0.39 is 11.9 Å². The van der Waals surface area contributed by atoms with Crippen LogP contribution in [0, 0.1) is 0 Å². The van der Waals surface area contributed by atoms with E-state index in [1.54, 1.807) is 0 Å². The minimum atomic E-state index is -0.548. The van der Waals surface area contributed by atoms with Gasteiger partial charge in [-0.2, -0.15) is 0 Å². The smallest absolute Gasteiger partial charge is 0.336 e. The minimum absolute atomic E-state index is 0.0141. The summed E-state index contributed by atoms with van der Waals surface area (Å²) in [6.45, 7) is 5.20. The Morgan fingerprint density at radius 2 is 1.63 bits per heavy atom. The maximum atomic E-state index is 13.8. The number of Topliss-reactive ketones (excluding diaryl/α,β-unsaturated/α-hetero) is 1. The molecule has 0 saturated carbocycles. The van der Waals surface area contributed by atoms with Crippen LogP contribution in [0.15, 0.2) is 101 Å².